The number of rotatable bonds is 8. The van der Waals surface area contributed by atoms with Gasteiger partial charge in [0.15, 0.2) is 12.4 Å². The van der Waals surface area contributed by atoms with Crippen molar-refractivity contribution in [2.45, 2.75) is 0 Å². The lowest BCUT2D eigenvalue weighted by atomic mass is 10.2. The van der Waals surface area contributed by atoms with Crippen molar-refractivity contribution in [3.63, 3.8) is 0 Å². The molecule has 10 nitrogen and oxygen atoms in total. The largest absolute Gasteiger partial charge is 0.482 e. The van der Waals surface area contributed by atoms with E-state index < -0.39 is 23.4 Å². The van der Waals surface area contributed by atoms with Gasteiger partial charge < -0.3 is 9.47 Å². The highest BCUT2D eigenvalue weighted by Crippen LogP contribution is 2.33. The standard InChI is InChI=1S/C23H15BrN4O6/c24-19-11-18(28(31)32)10-17(22(19)34-23(30)15-6-2-1-3-7-15)13-26-27-21(29)14-33-20-9-5-4-8-16(20)12-25/h1-11,13H,14H2,(H,27,29). The lowest BCUT2D eigenvalue weighted by Gasteiger charge is -2.10. The number of hydrazone groups is 1. The van der Waals surface area contributed by atoms with E-state index in [1.165, 1.54) is 6.07 Å². The van der Waals surface area contributed by atoms with Crippen molar-refractivity contribution in [2.24, 2.45) is 5.10 Å². The third kappa shape index (κ3) is 6.24. The number of amides is 1. The maximum Gasteiger partial charge on any atom is 0.343 e. The van der Waals surface area contributed by atoms with Crippen LogP contribution in [0.25, 0.3) is 0 Å². The molecular formula is C23H15BrN4O6. The first-order chi connectivity index (χ1) is 16.4. The number of esters is 1. The van der Waals surface area contributed by atoms with Crippen LogP contribution in [0.4, 0.5) is 5.69 Å². The molecule has 0 fully saturated rings. The second kappa shape index (κ2) is 11.3. The van der Waals surface area contributed by atoms with Gasteiger partial charge in [-0.15, -0.1) is 0 Å². The monoisotopic (exact) mass is 522 g/mol. The number of nitrogens with one attached hydrogen (secondary N) is 1. The summed E-state index contributed by atoms with van der Waals surface area (Å²) in [7, 11) is 0. The zero-order valence-electron chi connectivity index (χ0n) is 17.3. The predicted octanol–water partition coefficient (Wildman–Crippen LogP) is 3.98. The van der Waals surface area contributed by atoms with Crippen LogP contribution in [0.5, 0.6) is 11.5 Å². The number of halogens is 1. The van der Waals surface area contributed by atoms with Crippen LogP contribution < -0.4 is 14.9 Å². The van der Waals surface area contributed by atoms with Gasteiger partial charge in [0.1, 0.15) is 11.8 Å². The van der Waals surface area contributed by atoms with Crippen LogP contribution in [0.2, 0.25) is 0 Å². The third-order valence-corrected chi connectivity index (χ3v) is 4.82. The lowest BCUT2D eigenvalue weighted by Crippen LogP contribution is -2.24. The number of nitro benzene ring substituents is 1. The van der Waals surface area contributed by atoms with Crippen molar-refractivity contribution in [3.8, 4) is 17.6 Å². The van der Waals surface area contributed by atoms with Crippen LogP contribution in [0.3, 0.4) is 0 Å². The smallest absolute Gasteiger partial charge is 0.343 e. The van der Waals surface area contributed by atoms with Crippen molar-refractivity contribution >= 4 is 39.7 Å². The molecule has 3 aromatic carbocycles. The van der Waals surface area contributed by atoms with E-state index in [2.05, 4.69) is 26.5 Å². The minimum atomic E-state index is -0.682. The summed E-state index contributed by atoms with van der Waals surface area (Å²) >= 11 is 3.18. The fourth-order valence-electron chi connectivity index (χ4n) is 2.67. The second-order valence-electron chi connectivity index (χ2n) is 6.55. The van der Waals surface area contributed by atoms with E-state index in [1.807, 2.05) is 6.07 Å². The zero-order chi connectivity index (χ0) is 24.5. The zero-order valence-corrected chi connectivity index (χ0v) is 18.9. The minimum Gasteiger partial charge on any atom is -0.482 e. The number of para-hydroxylation sites is 1. The van der Waals surface area contributed by atoms with Gasteiger partial charge in [-0.3, -0.25) is 14.9 Å². The SMILES string of the molecule is N#Cc1ccccc1OCC(=O)NN=Cc1cc([N+](=O)[O-])cc(Br)c1OC(=O)c1ccccc1. The molecule has 0 aromatic heterocycles. The lowest BCUT2D eigenvalue weighted by molar-refractivity contribution is -0.385. The Balaban J connectivity index is 1.75. The number of carbonyl (C=O) groups is 2. The first kappa shape index (κ1) is 24.1. The molecule has 34 heavy (non-hydrogen) atoms. The number of hydrogen-bond donors (Lipinski definition) is 1. The van der Waals surface area contributed by atoms with Gasteiger partial charge in [-0.05, 0) is 40.2 Å². The minimum absolute atomic E-state index is 0.0170. The average Bonchev–Trinajstić information content (AvgIpc) is 2.85. The molecule has 11 heteroatoms. The molecule has 0 aliphatic rings. The first-order valence-corrected chi connectivity index (χ1v) is 10.4. The van der Waals surface area contributed by atoms with E-state index >= 15 is 0 Å². The summed E-state index contributed by atoms with van der Waals surface area (Å²) in [6.07, 6.45) is 1.10. The molecule has 0 aliphatic heterocycles. The summed E-state index contributed by atoms with van der Waals surface area (Å²) in [4.78, 5) is 35.1. The highest BCUT2D eigenvalue weighted by Gasteiger charge is 2.19. The van der Waals surface area contributed by atoms with Crippen LogP contribution in [0.1, 0.15) is 21.5 Å². The molecule has 1 amide bonds. The Morgan fingerprint density at radius 2 is 1.85 bits per heavy atom. The van der Waals surface area contributed by atoms with Gasteiger partial charge >= 0.3 is 5.97 Å². The van der Waals surface area contributed by atoms with E-state index in [-0.39, 0.29) is 38.3 Å². The summed E-state index contributed by atoms with van der Waals surface area (Å²) < 4.78 is 10.9. The highest BCUT2D eigenvalue weighted by molar-refractivity contribution is 9.10. The number of hydrogen-bond acceptors (Lipinski definition) is 8. The Hall–Kier alpha value is -4.56. The molecular weight excluding hydrogens is 508 g/mol. The van der Waals surface area contributed by atoms with E-state index in [0.717, 1.165) is 12.3 Å². The van der Waals surface area contributed by atoms with E-state index in [9.17, 15) is 19.7 Å². The number of benzene rings is 3. The van der Waals surface area contributed by atoms with Gasteiger partial charge in [-0.25, -0.2) is 10.2 Å². The number of ether oxygens (including phenoxy) is 2. The fourth-order valence-corrected chi connectivity index (χ4v) is 3.21. The summed E-state index contributed by atoms with van der Waals surface area (Å²) in [6.45, 7) is -0.426. The number of nitro groups is 1. The number of non-ortho nitro benzene ring substituents is 1. The van der Waals surface area contributed by atoms with Crippen LogP contribution >= 0.6 is 15.9 Å². The molecule has 0 spiro atoms. The van der Waals surface area contributed by atoms with Gasteiger partial charge in [0, 0.05) is 17.7 Å². The van der Waals surface area contributed by atoms with Crippen molar-refractivity contribution in [1.82, 2.24) is 5.43 Å². The average molecular weight is 523 g/mol. The van der Waals surface area contributed by atoms with Crippen molar-refractivity contribution < 1.29 is 24.0 Å². The Bertz CT molecular complexity index is 1300. The van der Waals surface area contributed by atoms with Crippen LogP contribution in [0.15, 0.2) is 76.3 Å². The fraction of sp³-hybridized carbons (Fsp3) is 0.0435. The second-order valence-corrected chi connectivity index (χ2v) is 7.40. The number of nitriles is 1. The number of carbonyl (C=O) groups excluding carboxylic acids is 2. The van der Waals surface area contributed by atoms with E-state index in [0.29, 0.717) is 0 Å². The summed E-state index contributed by atoms with van der Waals surface area (Å²) in [6, 6.07) is 18.9. The molecule has 0 radical (unpaired) electrons. The Morgan fingerprint density at radius 3 is 2.56 bits per heavy atom. The van der Waals surface area contributed by atoms with Crippen molar-refractivity contribution in [3.05, 3.63) is 98.0 Å². The molecule has 170 valence electrons. The quantitative estimate of drug-likeness (QED) is 0.155. The molecule has 1 N–H and O–H groups in total. The molecule has 0 aliphatic carbocycles. The summed E-state index contributed by atoms with van der Waals surface area (Å²) in [5.41, 5.74) is 2.55. The van der Waals surface area contributed by atoms with Crippen LogP contribution in [0, 0.1) is 21.4 Å². The molecule has 0 heterocycles. The Morgan fingerprint density at radius 1 is 1.15 bits per heavy atom. The van der Waals surface area contributed by atoms with Crippen LogP contribution in [-0.4, -0.2) is 29.6 Å². The maximum absolute atomic E-state index is 12.5. The topological polar surface area (TPSA) is 144 Å². The normalized spacial score (nSPS) is 10.4. The molecule has 0 unspecified atom stereocenters. The number of nitrogens with zero attached hydrogens (tertiary/aromatic N) is 3. The predicted molar refractivity (Wildman–Crippen MR) is 125 cm³/mol. The van der Waals surface area contributed by atoms with Gasteiger partial charge in [0.25, 0.3) is 11.6 Å². The van der Waals surface area contributed by atoms with Crippen LogP contribution in [-0.2, 0) is 4.79 Å². The van der Waals surface area contributed by atoms with Gasteiger partial charge in [-0.2, -0.15) is 10.4 Å². The van der Waals surface area contributed by atoms with E-state index in [4.69, 9.17) is 14.7 Å². The Kier molecular flexibility index (Phi) is 8.04. The molecule has 0 saturated heterocycles. The first-order valence-electron chi connectivity index (χ1n) is 9.58. The van der Waals surface area contributed by atoms with Gasteiger partial charge in [0.05, 0.1) is 26.7 Å². The van der Waals surface area contributed by atoms with Crippen molar-refractivity contribution in [1.29, 1.82) is 5.26 Å². The van der Waals surface area contributed by atoms with Gasteiger partial charge in [0.2, 0.25) is 0 Å². The summed E-state index contributed by atoms with van der Waals surface area (Å²) in [5, 5.41) is 24.1. The highest BCUT2D eigenvalue weighted by atomic mass is 79.9. The molecule has 0 atom stereocenters. The molecule has 0 saturated carbocycles. The maximum atomic E-state index is 12.5. The molecule has 3 aromatic rings. The Labute approximate surface area is 201 Å². The summed E-state index contributed by atoms with van der Waals surface area (Å²) in [5.74, 6) is -1.10. The molecule has 3 rings (SSSR count). The third-order valence-electron chi connectivity index (χ3n) is 4.23. The van der Waals surface area contributed by atoms with Crippen molar-refractivity contribution in [2.75, 3.05) is 6.61 Å². The van der Waals surface area contributed by atoms with E-state index in [1.54, 1.807) is 54.6 Å². The van der Waals surface area contributed by atoms with Gasteiger partial charge in [-0.1, -0.05) is 30.3 Å². The molecule has 0 bridgehead atoms.